The van der Waals surface area contributed by atoms with Gasteiger partial charge < -0.3 is 10.1 Å². The highest BCUT2D eigenvalue weighted by molar-refractivity contribution is 9.10. The van der Waals surface area contributed by atoms with E-state index in [1.807, 2.05) is 12.1 Å². The first-order valence-corrected chi connectivity index (χ1v) is 8.08. The molecule has 2 aromatic carbocycles. The molecule has 2 rings (SSSR count). The molecule has 0 bridgehead atoms. The zero-order valence-corrected chi connectivity index (χ0v) is 14.4. The number of methoxy groups -OCH3 is 1. The Balaban J connectivity index is 2.10. The van der Waals surface area contributed by atoms with Crippen molar-refractivity contribution in [3.63, 3.8) is 0 Å². The van der Waals surface area contributed by atoms with Crippen LogP contribution in [-0.4, -0.2) is 7.11 Å². The summed E-state index contributed by atoms with van der Waals surface area (Å²) in [6.45, 7) is 4.41. The average Bonchev–Trinajstić information content (AvgIpc) is 2.52. The topological polar surface area (TPSA) is 21.3 Å². The lowest BCUT2D eigenvalue weighted by Gasteiger charge is -2.23. The standard InChI is InChI=1S/C18H22BrNO/c1-4-18(14-8-10-17(21-3)11-9-14)20-13(2)15-6-5-7-16(19)12-15/h5-13,18,20H,4H2,1-3H3/t13-,18?/m0/s1. The molecule has 112 valence electrons. The summed E-state index contributed by atoms with van der Waals surface area (Å²) in [4.78, 5) is 0. The summed E-state index contributed by atoms with van der Waals surface area (Å²) in [6, 6.07) is 17.4. The smallest absolute Gasteiger partial charge is 0.118 e. The van der Waals surface area contributed by atoms with Gasteiger partial charge in [-0.25, -0.2) is 0 Å². The summed E-state index contributed by atoms with van der Waals surface area (Å²) in [6.07, 6.45) is 1.05. The molecule has 1 unspecified atom stereocenters. The van der Waals surface area contributed by atoms with Crippen LogP contribution in [0.5, 0.6) is 5.75 Å². The van der Waals surface area contributed by atoms with Crippen LogP contribution < -0.4 is 10.1 Å². The van der Waals surface area contributed by atoms with Gasteiger partial charge in [-0.15, -0.1) is 0 Å². The molecule has 1 N–H and O–H groups in total. The summed E-state index contributed by atoms with van der Waals surface area (Å²) in [5.41, 5.74) is 2.58. The van der Waals surface area contributed by atoms with Crippen LogP contribution in [0.2, 0.25) is 0 Å². The number of halogens is 1. The lowest BCUT2D eigenvalue weighted by atomic mass is 10.0. The fraction of sp³-hybridized carbons (Fsp3) is 0.333. The Morgan fingerprint density at radius 3 is 2.38 bits per heavy atom. The Morgan fingerprint density at radius 1 is 1.10 bits per heavy atom. The molecule has 0 aliphatic heterocycles. The fourth-order valence-electron chi connectivity index (χ4n) is 2.46. The summed E-state index contributed by atoms with van der Waals surface area (Å²) in [5, 5.41) is 3.70. The number of hydrogen-bond acceptors (Lipinski definition) is 2. The maximum absolute atomic E-state index is 5.22. The van der Waals surface area contributed by atoms with Gasteiger partial charge >= 0.3 is 0 Å². The van der Waals surface area contributed by atoms with E-state index in [2.05, 4.69) is 71.5 Å². The van der Waals surface area contributed by atoms with Crippen LogP contribution in [0, 0.1) is 0 Å². The summed E-state index contributed by atoms with van der Waals surface area (Å²) >= 11 is 3.53. The van der Waals surface area contributed by atoms with Crippen LogP contribution >= 0.6 is 15.9 Å². The monoisotopic (exact) mass is 347 g/mol. The first kappa shape index (κ1) is 16.1. The van der Waals surface area contributed by atoms with E-state index < -0.39 is 0 Å². The summed E-state index contributed by atoms with van der Waals surface area (Å²) in [5.74, 6) is 0.897. The first-order valence-electron chi connectivity index (χ1n) is 7.29. The van der Waals surface area contributed by atoms with Crippen LogP contribution in [0.1, 0.15) is 43.5 Å². The molecule has 0 saturated heterocycles. The SMILES string of the molecule is CCC(N[C@@H](C)c1cccc(Br)c1)c1ccc(OC)cc1. The molecule has 3 heteroatoms. The maximum Gasteiger partial charge on any atom is 0.118 e. The fourth-order valence-corrected chi connectivity index (χ4v) is 2.88. The molecule has 2 atom stereocenters. The van der Waals surface area contributed by atoms with Crippen molar-refractivity contribution in [1.82, 2.24) is 5.32 Å². The third kappa shape index (κ3) is 4.32. The minimum Gasteiger partial charge on any atom is -0.497 e. The van der Waals surface area contributed by atoms with Crippen LogP contribution in [0.15, 0.2) is 53.0 Å². The molecule has 0 fully saturated rings. The second-order valence-corrected chi connectivity index (χ2v) is 6.09. The number of benzene rings is 2. The number of ether oxygens (including phenoxy) is 1. The first-order chi connectivity index (χ1) is 10.1. The minimum atomic E-state index is 0.301. The zero-order chi connectivity index (χ0) is 15.2. The summed E-state index contributed by atoms with van der Waals surface area (Å²) < 4.78 is 6.34. The third-order valence-corrected chi connectivity index (χ3v) is 4.22. The van der Waals surface area contributed by atoms with Crippen molar-refractivity contribution in [2.45, 2.75) is 32.4 Å². The molecule has 0 aromatic heterocycles. The second kappa shape index (κ2) is 7.62. The van der Waals surface area contributed by atoms with E-state index in [4.69, 9.17) is 4.74 Å². The maximum atomic E-state index is 5.22. The Hall–Kier alpha value is -1.32. The van der Waals surface area contributed by atoms with Gasteiger partial charge in [-0.05, 0) is 48.7 Å². The van der Waals surface area contributed by atoms with E-state index in [-0.39, 0.29) is 0 Å². The van der Waals surface area contributed by atoms with Crippen LogP contribution in [0.3, 0.4) is 0 Å². The highest BCUT2D eigenvalue weighted by atomic mass is 79.9. The van der Waals surface area contributed by atoms with E-state index in [0.29, 0.717) is 12.1 Å². The predicted molar refractivity (Wildman–Crippen MR) is 91.7 cm³/mol. The van der Waals surface area contributed by atoms with Gasteiger partial charge in [0.1, 0.15) is 5.75 Å². The molecular formula is C18H22BrNO. The van der Waals surface area contributed by atoms with Crippen LogP contribution in [0.25, 0.3) is 0 Å². The van der Waals surface area contributed by atoms with Gasteiger partial charge in [-0.2, -0.15) is 0 Å². The minimum absolute atomic E-state index is 0.301. The molecule has 2 aromatic rings. The molecule has 0 radical (unpaired) electrons. The number of hydrogen-bond donors (Lipinski definition) is 1. The Bertz CT molecular complexity index is 568. The van der Waals surface area contributed by atoms with E-state index in [0.717, 1.165) is 16.6 Å². The van der Waals surface area contributed by atoms with Gasteiger partial charge in [-0.3, -0.25) is 0 Å². The molecule has 0 spiro atoms. The lowest BCUT2D eigenvalue weighted by Crippen LogP contribution is -2.24. The van der Waals surface area contributed by atoms with Crippen molar-refractivity contribution in [3.8, 4) is 5.75 Å². The lowest BCUT2D eigenvalue weighted by molar-refractivity contribution is 0.413. The van der Waals surface area contributed by atoms with Gasteiger partial charge in [0.15, 0.2) is 0 Å². The molecule has 0 aliphatic carbocycles. The molecular weight excluding hydrogens is 326 g/mol. The van der Waals surface area contributed by atoms with Crippen molar-refractivity contribution in [2.75, 3.05) is 7.11 Å². The average molecular weight is 348 g/mol. The van der Waals surface area contributed by atoms with Gasteiger partial charge in [0.2, 0.25) is 0 Å². The third-order valence-electron chi connectivity index (χ3n) is 3.73. The zero-order valence-electron chi connectivity index (χ0n) is 12.8. The molecule has 0 heterocycles. The van der Waals surface area contributed by atoms with Gasteiger partial charge in [0.25, 0.3) is 0 Å². The predicted octanol–water partition coefficient (Wildman–Crippen LogP) is 5.26. The molecule has 2 nitrogen and oxygen atoms in total. The van der Waals surface area contributed by atoms with Crippen molar-refractivity contribution in [3.05, 3.63) is 64.1 Å². The molecule has 21 heavy (non-hydrogen) atoms. The number of nitrogens with one attached hydrogen (secondary N) is 1. The van der Waals surface area contributed by atoms with Crippen molar-refractivity contribution in [1.29, 1.82) is 0 Å². The van der Waals surface area contributed by atoms with Gasteiger partial charge in [0, 0.05) is 16.6 Å². The largest absolute Gasteiger partial charge is 0.497 e. The Labute approximate surface area is 135 Å². The van der Waals surface area contributed by atoms with Crippen LogP contribution in [-0.2, 0) is 0 Å². The van der Waals surface area contributed by atoms with Crippen molar-refractivity contribution >= 4 is 15.9 Å². The van der Waals surface area contributed by atoms with E-state index in [1.165, 1.54) is 11.1 Å². The Kier molecular flexibility index (Phi) is 5.83. The number of rotatable bonds is 6. The normalized spacial score (nSPS) is 13.7. The van der Waals surface area contributed by atoms with Crippen molar-refractivity contribution < 1.29 is 4.74 Å². The van der Waals surface area contributed by atoms with E-state index in [1.54, 1.807) is 7.11 Å². The van der Waals surface area contributed by atoms with E-state index >= 15 is 0 Å². The van der Waals surface area contributed by atoms with Crippen molar-refractivity contribution in [2.24, 2.45) is 0 Å². The molecule has 0 aliphatic rings. The Morgan fingerprint density at radius 2 is 1.81 bits per heavy atom. The highest BCUT2D eigenvalue weighted by Gasteiger charge is 2.14. The van der Waals surface area contributed by atoms with Crippen LogP contribution in [0.4, 0.5) is 0 Å². The molecule has 0 saturated carbocycles. The van der Waals surface area contributed by atoms with Gasteiger partial charge in [-0.1, -0.05) is 47.1 Å². The van der Waals surface area contributed by atoms with Gasteiger partial charge in [0.05, 0.1) is 7.11 Å². The quantitative estimate of drug-likeness (QED) is 0.769. The second-order valence-electron chi connectivity index (χ2n) is 5.18. The van der Waals surface area contributed by atoms with E-state index in [9.17, 15) is 0 Å². The summed E-state index contributed by atoms with van der Waals surface area (Å²) in [7, 11) is 1.69. The molecule has 0 amide bonds. The highest BCUT2D eigenvalue weighted by Crippen LogP contribution is 2.25.